The van der Waals surface area contributed by atoms with Crippen molar-refractivity contribution in [3.8, 4) is 0 Å². The predicted octanol–water partition coefficient (Wildman–Crippen LogP) is 1.61. The van der Waals surface area contributed by atoms with Crippen molar-refractivity contribution >= 4 is 5.91 Å². The van der Waals surface area contributed by atoms with Crippen LogP contribution in [0, 0.1) is 5.92 Å². The van der Waals surface area contributed by atoms with Gasteiger partial charge in [0.25, 0.3) is 11.5 Å². The Bertz CT molecular complexity index is 892. The Morgan fingerprint density at radius 2 is 2.00 bits per heavy atom. The molecule has 1 fully saturated rings. The minimum Gasteiger partial charge on any atom is -0.337 e. The average molecular weight is 356 g/mol. The Balaban J connectivity index is 1.60. The molecule has 7 nitrogen and oxygen atoms in total. The van der Waals surface area contributed by atoms with Crippen molar-refractivity contribution in [2.45, 2.75) is 39.2 Å². The number of carbonyl (C=O) groups is 1. The summed E-state index contributed by atoms with van der Waals surface area (Å²) < 4.78 is 1.66. The number of rotatable bonds is 4. The first-order chi connectivity index (χ1) is 12.4. The van der Waals surface area contributed by atoms with Crippen LogP contribution in [0.5, 0.6) is 0 Å². The number of pyridine rings is 1. The van der Waals surface area contributed by atoms with Crippen LogP contribution < -0.4 is 11.1 Å². The van der Waals surface area contributed by atoms with Gasteiger partial charge < -0.3 is 9.88 Å². The van der Waals surface area contributed by atoms with Gasteiger partial charge in [-0.3, -0.25) is 19.0 Å². The van der Waals surface area contributed by atoms with Gasteiger partial charge in [-0.1, -0.05) is 19.9 Å². The molecule has 2 aromatic rings. The number of hydrogen-bond acceptors (Lipinski definition) is 4. The molecule has 2 aromatic heterocycles. The molecule has 7 heteroatoms. The molecule has 0 aromatic carbocycles. The van der Waals surface area contributed by atoms with Crippen LogP contribution in [0.4, 0.5) is 0 Å². The number of nitrogens with zero attached hydrogens (tertiary/aromatic N) is 3. The second kappa shape index (κ2) is 7.68. The highest BCUT2D eigenvalue weighted by molar-refractivity contribution is 5.92. The average Bonchev–Trinajstić information content (AvgIpc) is 2.63. The SMILES string of the molecule is CC(C)c1cc(=O)n(CC2CCN(C(=O)c3cccc(=O)[nH]3)CC2)cn1. The summed E-state index contributed by atoms with van der Waals surface area (Å²) >= 11 is 0. The molecule has 1 aliphatic rings. The van der Waals surface area contributed by atoms with Gasteiger partial charge in [0, 0.05) is 31.8 Å². The van der Waals surface area contributed by atoms with Crippen LogP contribution in [0.15, 0.2) is 40.2 Å². The van der Waals surface area contributed by atoms with E-state index < -0.39 is 0 Å². The van der Waals surface area contributed by atoms with Crippen molar-refractivity contribution in [3.63, 3.8) is 0 Å². The zero-order chi connectivity index (χ0) is 18.7. The summed E-state index contributed by atoms with van der Waals surface area (Å²) in [6.07, 6.45) is 3.27. The molecular formula is C19H24N4O3. The van der Waals surface area contributed by atoms with E-state index in [1.165, 1.54) is 6.07 Å². The van der Waals surface area contributed by atoms with E-state index in [1.54, 1.807) is 34.0 Å². The van der Waals surface area contributed by atoms with Crippen molar-refractivity contribution in [2.75, 3.05) is 13.1 Å². The van der Waals surface area contributed by atoms with Gasteiger partial charge in [0.2, 0.25) is 5.56 Å². The van der Waals surface area contributed by atoms with E-state index in [0.717, 1.165) is 18.5 Å². The van der Waals surface area contributed by atoms with Gasteiger partial charge in [-0.05, 0) is 30.7 Å². The number of amides is 1. The first kappa shape index (κ1) is 18.1. The van der Waals surface area contributed by atoms with Gasteiger partial charge in [0.1, 0.15) is 5.69 Å². The molecule has 138 valence electrons. The smallest absolute Gasteiger partial charge is 0.270 e. The van der Waals surface area contributed by atoms with Crippen LogP contribution in [-0.4, -0.2) is 38.4 Å². The first-order valence-corrected chi connectivity index (χ1v) is 8.99. The maximum Gasteiger partial charge on any atom is 0.270 e. The molecular weight excluding hydrogens is 332 g/mol. The number of aromatic amines is 1. The van der Waals surface area contributed by atoms with E-state index in [4.69, 9.17) is 0 Å². The van der Waals surface area contributed by atoms with E-state index >= 15 is 0 Å². The summed E-state index contributed by atoms with van der Waals surface area (Å²) in [4.78, 5) is 44.8. The molecule has 1 saturated heterocycles. The van der Waals surface area contributed by atoms with Crippen molar-refractivity contribution in [1.82, 2.24) is 19.4 Å². The minimum absolute atomic E-state index is 0.0240. The summed E-state index contributed by atoms with van der Waals surface area (Å²) in [5.74, 6) is 0.413. The van der Waals surface area contributed by atoms with Crippen LogP contribution in [0.25, 0.3) is 0 Å². The lowest BCUT2D eigenvalue weighted by molar-refractivity contribution is 0.0676. The van der Waals surface area contributed by atoms with Crippen LogP contribution in [0.2, 0.25) is 0 Å². The van der Waals surface area contributed by atoms with Crippen molar-refractivity contribution in [1.29, 1.82) is 0 Å². The molecule has 0 atom stereocenters. The van der Waals surface area contributed by atoms with Gasteiger partial charge >= 0.3 is 0 Å². The van der Waals surface area contributed by atoms with E-state index in [0.29, 0.717) is 31.2 Å². The molecule has 3 heterocycles. The van der Waals surface area contributed by atoms with E-state index in [2.05, 4.69) is 9.97 Å². The third-order valence-electron chi connectivity index (χ3n) is 4.85. The van der Waals surface area contributed by atoms with Crippen molar-refractivity contribution in [2.24, 2.45) is 5.92 Å². The molecule has 0 unspecified atom stereocenters. The first-order valence-electron chi connectivity index (χ1n) is 8.99. The van der Waals surface area contributed by atoms with Crippen molar-refractivity contribution < 1.29 is 4.79 Å². The Morgan fingerprint density at radius 3 is 2.62 bits per heavy atom. The summed E-state index contributed by atoms with van der Waals surface area (Å²) in [7, 11) is 0. The minimum atomic E-state index is -0.276. The quantitative estimate of drug-likeness (QED) is 0.901. The number of nitrogens with one attached hydrogen (secondary N) is 1. The van der Waals surface area contributed by atoms with E-state index in [-0.39, 0.29) is 22.9 Å². The highest BCUT2D eigenvalue weighted by Crippen LogP contribution is 2.20. The second-order valence-corrected chi connectivity index (χ2v) is 7.12. The lowest BCUT2D eigenvalue weighted by Gasteiger charge is -2.32. The van der Waals surface area contributed by atoms with Crippen LogP contribution in [0.3, 0.4) is 0 Å². The molecule has 1 N–H and O–H groups in total. The normalized spacial score (nSPS) is 15.4. The third-order valence-corrected chi connectivity index (χ3v) is 4.85. The fraction of sp³-hybridized carbons (Fsp3) is 0.474. The fourth-order valence-electron chi connectivity index (χ4n) is 3.23. The van der Waals surface area contributed by atoms with Gasteiger partial charge in [0.15, 0.2) is 0 Å². The van der Waals surface area contributed by atoms with E-state index in [9.17, 15) is 14.4 Å². The Hall–Kier alpha value is -2.70. The number of piperidine rings is 1. The molecule has 0 saturated carbocycles. The summed E-state index contributed by atoms with van der Waals surface area (Å²) in [6.45, 7) is 5.88. The Labute approximate surface area is 151 Å². The maximum absolute atomic E-state index is 12.5. The summed E-state index contributed by atoms with van der Waals surface area (Å²) in [5.41, 5.74) is 0.829. The van der Waals surface area contributed by atoms with Gasteiger partial charge in [0.05, 0.1) is 12.0 Å². The van der Waals surface area contributed by atoms with Gasteiger partial charge in [-0.25, -0.2) is 4.98 Å². The number of likely N-dealkylation sites (tertiary alicyclic amines) is 1. The molecule has 1 aliphatic heterocycles. The maximum atomic E-state index is 12.5. The second-order valence-electron chi connectivity index (χ2n) is 7.12. The number of carbonyl (C=O) groups excluding carboxylic acids is 1. The van der Waals surface area contributed by atoms with Crippen LogP contribution in [-0.2, 0) is 6.54 Å². The molecule has 3 rings (SSSR count). The lowest BCUT2D eigenvalue weighted by atomic mass is 9.96. The van der Waals surface area contributed by atoms with Crippen molar-refractivity contribution in [3.05, 3.63) is 62.7 Å². The number of hydrogen-bond donors (Lipinski definition) is 1. The topological polar surface area (TPSA) is 88.1 Å². The number of aromatic nitrogens is 3. The third kappa shape index (κ3) is 4.09. The molecule has 26 heavy (non-hydrogen) atoms. The largest absolute Gasteiger partial charge is 0.337 e. The summed E-state index contributed by atoms with van der Waals surface area (Å²) in [6, 6.07) is 6.20. The molecule has 1 amide bonds. The highest BCUT2D eigenvalue weighted by atomic mass is 16.2. The standard InChI is InChI=1S/C19H24N4O3/c1-13(2)16-10-18(25)23(12-20-16)11-14-6-8-22(9-7-14)19(26)15-4-3-5-17(24)21-15/h3-5,10,12-14H,6-9,11H2,1-2H3,(H,21,24). The van der Waals surface area contributed by atoms with Crippen LogP contribution in [0.1, 0.15) is 48.8 Å². The zero-order valence-electron chi connectivity index (χ0n) is 15.1. The van der Waals surface area contributed by atoms with Gasteiger partial charge in [-0.15, -0.1) is 0 Å². The lowest BCUT2D eigenvalue weighted by Crippen LogP contribution is -2.40. The Morgan fingerprint density at radius 1 is 1.27 bits per heavy atom. The fourth-order valence-corrected chi connectivity index (χ4v) is 3.23. The highest BCUT2D eigenvalue weighted by Gasteiger charge is 2.24. The molecule has 0 spiro atoms. The Kier molecular flexibility index (Phi) is 5.35. The zero-order valence-corrected chi connectivity index (χ0v) is 15.1. The molecule has 0 radical (unpaired) electrons. The molecule has 0 bridgehead atoms. The summed E-state index contributed by atoms with van der Waals surface area (Å²) in [5, 5.41) is 0. The monoisotopic (exact) mass is 356 g/mol. The predicted molar refractivity (Wildman–Crippen MR) is 98.3 cm³/mol. The number of H-pyrrole nitrogens is 1. The van der Waals surface area contributed by atoms with Gasteiger partial charge in [-0.2, -0.15) is 0 Å². The van der Waals surface area contributed by atoms with Crippen LogP contribution >= 0.6 is 0 Å². The molecule has 0 aliphatic carbocycles. The van der Waals surface area contributed by atoms with E-state index in [1.807, 2.05) is 13.8 Å².